The zero-order valence-electron chi connectivity index (χ0n) is 4.07. The van der Waals surface area contributed by atoms with Crippen LogP contribution < -0.4 is 0 Å². The molecule has 1 radical (unpaired) electrons. The van der Waals surface area contributed by atoms with Crippen molar-refractivity contribution < 1.29 is 14.7 Å². The summed E-state index contributed by atoms with van der Waals surface area (Å²) >= 11 is 0. The fourth-order valence-electron chi connectivity index (χ4n) is 0.183. The van der Waals surface area contributed by atoms with Crippen molar-refractivity contribution in [2.45, 2.75) is 0 Å². The predicted molar refractivity (Wildman–Crippen MR) is 27.1 cm³/mol. The number of carbonyl (C=O) groups is 2. The van der Waals surface area contributed by atoms with E-state index in [1.165, 1.54) is 0 Å². The van der Waals surface area contributed by atoms with Crippen molar-refractivity contribution in [1.29, 1.82) is 0 Å². The summed E-state index contributed by atoms with van der Waals surface area (Å²) in [6.07, 6.45) is 3.66. The van der Waals surface area contributed by atoms with Gasteiger partial charge in [-0.15, -0.1) is 0 Å². The summed E-state index contributed by atoms with van der Waals surface area (Å²) in [5, 5.41) is 7.92. The molecule has 8 heavy (non-hydrogen) atoms. The van der Waals surface area contributed by atoms with Gasteiger partial charge in [-0.3, -0.25) is 9.59 Å². The third kappa shape index (κ3) is 4.88. The zero-order chi connectivity index (χ0) is 6.41. The lowest BCUT2D eigenvalue weighted by Crippen LogP contribution is -1.90. The van der Waals surface area contributed by atoms with Crippen molar-refractivity contribution in [2.75, 3.05) is 0 Å². The fourth-order valence-corrected chi connectivity index (χ4v) is 0.183. The molecule has 0 saturated heterocycles. The monoisotopic (exact) mass is 113 g/mol. The summed E-state index contributed by atoms with van der Waals surface area (Å²) < 4.78 is 0. The Hall–Kier alpha value is -1.12. The molecule has 0 aromatic rings. The zero-order valence-corrected chi connectivity index (χ0v) is 4.07. The molecule has 0 unspecified atom stereocenters. The number of carboxylic acid groups (broad SMARTS) is 1. The summed E-state index contributed by atoms with van der Waals surface area (Å²) in [7, 11) is 0. The van der Waals surface area contributed by atoms with Gasteiger partial charge in [0.1, 0.15) is 6.29 Å². The van der Waals surface area contributed by atoms with Crippen LogP contribution in [-0.2, 0) is 9.59 Å². The van der Waals surface area contributed by atoms with Crippen LogP contribution in [0.15, 0.2) is 12.2 Å². The van der Waals surface area contributed by atoms with Gasteiger partial charge in [0.05, 0.1) is 6.42 Å². The molecular weight excluding hydrogens is 108 g/mol. The maximum absolute atomic E-state index is 9.65. The van der Waals surface area contributed by atoms with E-state index in [0.29, 0.717) is 6.29 Å². The van der Waals surface area contributed by atoms with Gasteiger partial charge < -0.3 is 5.11 Å². The summed E-state index contributed by atoms with van der Waals surface area (Å²) in [5.41, 5.74) is 0. The van der Waals surface area contributed by atoms with Crippen LogP contribution in [0.25, 0.3) is 0 Å². The smallest absolute Gasteiger partial charge is 0.311 e. The average molecular weight is 113 g/mol. The van der Waals surface area contributed by atoms with E-state index in [4.69, 9.17) is 5.11 Å². The molecule has 0 amide bonds. The van der Waals surface area contributed by atoms with E-state index in [0.717, 1.165) is 18.6 Å². The standard InChI is InChI=1S/C5H5O3/c6-4-2-1-3-5(7)8/h1-4H,(H,7,8). The number of aldehydes is 1. The Labute approximate surface area is 46.6 Å². The molecule has 0 rings (SSSR count). The Bertz CT molecular complexity index is 115. The molecule has 43 valence electrons. The first-order valence-electron chi connectivity index (χ1n) is 1.95. The van der Waals surface area contributed by atoms with Gasteiger partial charge in [-0.05, 0) is 6.08 Å². The maximum Gasteiger partial charge on any atom is 0.311 e. The number of hydrogen-bond donors (Lipinski definition) is 1. The minimum atomic E-state index is -1.05. The van der Waals surface area contributed by atoms with Gasteiger partial charge in [-0.25, -0.2) is 0 Å². The molecule has 0 fully saturated rings. The maximum atomic E-state index is 9.65. The van der Waals surface area contributed by atoms with E-state index in [9.17, 15) is 9.59 Å². The SMILES string of the molecule is O=CC=C[CH]C(=O)O. The molecule has 0 atom stereocenters. The normalized spacial score (nSPS) is 9.50. The van der Waals surface area contributed by atoms with Crippen molar-refractivity contribution in [3.63, 3.8) is 0 Å². The molecule has 1 N–H and O–H groups in total. The van der Waals surface area contributed by atoms with Gasteiger partial charge in [0.2, 0.25) is 0 Å². The molecule has 0 bridgehead atoms. The van der Waals surface area contributed by atoms with Crippen LogP contribution in [0.4, 0.5) is 0 Å². The van der Waals surface area contributed by atoms with Crippen LogP contribution in [0.1, 0.15) is 0 Å². The van der Waals surface area contributed by atoms with E-state index in [2.05, 4.69) is 0 Å². The van der Waals surface area contributed by atoms with Crippen LogP contribution in [0, 0.1) is 6.42 Å². The molecule has 0 heterocycles. The average Bonchev–Trinajstić information content (AvgIpc) is 1.66. The quantitative estimate of drug-likeness (QED) is 0.415. The van der Waals surface area contributed by atoms with Crippen molar-refractivity contribution in [2.24, 2.45) is 0 Å². The third-order valence-electron chi connectivity index (χ3n) is 0.428. The number of allylic oxidation sites excluding steroid dienone is 1. The number of carbonyl (C=O) groups excluding carboxylic acids is 1. The van der Waals surface area contributed by atoms with E-state index in [-0.39, 0.29) is 0 Å². The highest BCUT2D eigenvalue weighted by molar-refractivity contribution is 5.80. The van der Waals surface area contributed by atoms with Gasteiger partial charge in [-0.1, -0.05) is 6.08 Å². The first-order chi connectivity index (χ1) is 3.77. The minimum absolute atomic E-state index is 0.513. The van der Waals surface area contributed by atoms with Gasteiger partial charge in [0.25, 0.3) is 0 Å². The summed E-state index contributed by atoms with van der Waals surface area (Å²) in [6.45, 7) is 0. The van der Waals surface area contributed by atoms with Crippen LogP contribution >= 0.6 is 0 Å². The van der Waals surface area contributed by atoms with E-state index in [1.54, 1.807) is 0 Å². The second-order valence-electron chi connectivity index (χ2n) is 1.03. The van der Waals surface area contributed by atoms with Crippen molar-refractivity contribution in [3.05, 3.63) is 18.6 Å². The summed E-state index contributed by atoms with van der Waals surface area (Å²) in [6, 6.07) is 0. The molecule has 0 spiro atoms. The van der Waals surface area contributed by atoms with Gasteiger partial charge in [0.15, 0.2) is 0 Å². The Morgan fingerprint density at radius 2 is 2.00 bits per heavy atom. The van der Waals surface area contributed by atoms with E-state index >= 15 is 0 Å². The Morgan fingerprint density at radius 1 is 1.38 bits per heavy atom. The van der Waals surface area contributed by atoms with Gasteiger partial charge in [-0.2, -0.15) is 0 Å². The largest absolute Gasteiger partial charge is 0.481 e. The third-order valence-corrected chi connectivity index (χ3v) is 0.428. The molecule has 0 aromatic carbocycles. The van der Waals surface area contributed by atoms with Gasteiger partial charge >= 0.3 is 5.97 Å². The molecular formula is C5H5O3. The van der Waals surface area contributed by atoms with Crippen molar-refractivity contribution in [3.8, 4) is 0 Å². The number of aliphatic carboxylic acids is 1. The lowest BCUT2D eigenvalue weighted by atomic mass is 10.4. The van der Waals surface area contributed by atoms with Crippen molar-refractivity contribution >= 4 is 12.3 Å². The molecule has 3 heteroatoms. The van der Waals surface area contributed by atoms with Crippen LogP contribution in [0.3, 0.4) is 0 Å². The first kappa shape index (κ1) is 6.88. The number of hydrogen-bond acceptors (Lipinski definition) is 2. The summed E-state index contributed by atoms with van der Waals surface area (Å²) in [4.78, 5) is 19.1. The minimum Gasteiger partial charge on any atom is -0.481 e. The van der Waals surface area contributed by atoms with Crippen molar-refractivity contribution in [1.82, 2.24) is 0 Å². The van der Waals surface area contributed by atoms with Gasteiger partial charge in [0, 0.05) is 0 Å². The highest BCUT2D eigenvalue weighted by Crippen LogP contribution is 1.76. The topological polar surface area (TPSA) is 54.4 Å². The summed E-state index contributed by atoms with van der Waals surface area (Å²) in [5.74, 6) is -1.05. The number of rotatable bonds is 3. The molecule has 0 aliphatic carbocycles. The second kappa shape index (κ2) is 4.05. The molecule has 0 aliphatic heterocycles. The first-order valence-corrected chi connectivity index (χ1v) is 1.95. The highest BCUT2D eigenvalue weighted by Gasteiger charge is 1.87. The lowest BCUT2D eigenvalue weighted by Gasteiger charge is -1.76. The Balaban J connectivity index is 3.29. The van der Waals surface area contributed by atoms with E-state index in [1.807, 2.05) is 0 Å². The Kier molecular flexibility index (Phi) is 3.48. The highest BCUT2D eigenvalue weighted by atomic mass is 16.4. The fraction of sp³-hybridized carbons (Fsp3) is 0. The van der Waals surface area contributed by atoms with Crippen LogP contribution in [0.2, 0.25) is 0 Å². The van der Waals surface area contributed by atoms with Crippen LogP contribution in [0.5, 0.6) is 0 Å². The van der Waals surface area contributed by atoms with E-state index < -0.39 is 5.97 Å². The molecule has 0 aromatic heterocycles. The Morgan fingerprint density at radius 3 is 2.38 bits per heavy atom. The molecule has 0 saturated carbocycles. The van der Waals surface area contributed by atoms with Crippen LogP contribution in [-0.4, -0.2) is 17.4 Å². The predicted octanol–water partition coefficient (Wildman–Crippen LogP) is 0.0304. The second-order valence-corrected chi connectivity index (χ2v) is 1.03. The number of carboxylic acids is 1. The lowest BCUT2D eigenvalue weighted by molar-refractivity contribution is -0.132. The molecule has 0 aliphatic rings. The molecule has 3 nitrogen and oxygen atoms in total.